The molecule has 0 heterocycles. The monoisotopic (exact) mass is 500 g/mol. The fourth-order valence-electron chi connectivity index (χ4n) is 3.93. The van der Waals surface area contributed by atoms with E-state index in [0.717, 1.165) is 24.2 Å². The summed E-state index contributed by atoms with van der Waals surface area (Å²) in [6.45, 7) is 22.6. The number of benzene rings is 2. The van der Waals surface area contributed by atoms with Crippen LogP contribution in [0.25, 0.3) is 0 Å². The molecule has 1 unspecified atom stereocenters. The van der Waals surface area contributed by atoms with Crippen molar-refractivity contribution in [3.8, 4) is 11.5 Å². The van der Waals surface area contributed by atoms with Gasteiger partial charge in [-0.15, -0.1) is 0 Å². The average Bonchev–Trinajstić information content (AvgIpc) is 2.77. The summed E-state index contributed by atoms with van der Waals surface area (Å²) < 4.78 is 18.4. The molecule has 0 saturated heterocycles. The Balaban J connectivity index is 0.00000205. The summed E-state index contributed by atoms with van der Waals surface area (Å²) in [6, 6.07) is 15.7. The molecule has 204 valence electrons. The lowest BCUT2D eigenvalue weighted by Crippen LogP contribution is -2.36. The van der Waals surface area contributed by atoms with Gasteiger partial charge < -0.3 is 19.3 Å². The van der Waals surface area contributed by atoms with E-state index in [9.17, 15) is 5.11 Å². The van der Waals surface area contributed by atoms with Gasteiger partial charge in [0.25, 0.3) is 0 Å². The van der Waals surface area contributed by atoms with Crippen LogP contribution in [-0.4, -0.2) is 36.1 Å². The van der Waals surface area contributed by atoms with Crippen LogP contribution in [0.3, 0.4) is 0 Å². The zero-order chi connectivity index (χ0) is 27.4. The first-order valence-corrected chi connectivity index (χ1v) is 13.6. The van der Waals surface area contributed by atoms with Crippen LogP contribution in [0.2, 0.25) is 0 Å². The third-order valence-electron chi connectivity index (χ3n) is 5.98. The van der Waals surface area contributed by atoms with Crippen LogP contribution in [0, 0.1) is 5.92 Å². The highest BCUT2D eigenvalue weighted by Crippen LogP contribution is 2.33. The summed E-state index contributed by atoms with van der Waals surface area (Å²) in [4.78, 5) is 0. The van der Waals surface area contributed by atoms with Crippen LogP contribution >= 0.6 is 0 Å². The molecule has 1 N–H and O–H groups in total. The first kappa shape index (κ1) is 32.0. The van der Waals surface area contributed by atoms with Crippen LogP contribution in [0.4, 0.5) is 0 Å². The quantitative estimate of drug-likeness (QED) is 0.299. The molecule has 4 nitrogen and oxygen atoms in total. The second-order valence-electron chi connectivity index (χ2n) is 11.5. The third kappa shape index (κ3) is 11.8. The smallest absolute Gasteiger partial charge is 0.119 e. The van der Waals surface area contributed by atoms with Gasteiger partial charge in [-0.05, 0) is 81.8 Å². The van der Waals surface area contributed by atoms with E-state index in [1.165, 1.54) is 12.0 Å². The lowest BCUT2D eigenvalue weighted by Gasteiger charge is -2.32. The molecule has 0 radical (unpaired) electrons. The van der Waals surface area contributed by atoms with Gasteiger partial charge >= 0.3 is 0 Å². The first-order chi connectivity index (χ1) is 16.8. The molecule has 0 saturated carbocycles. The molecule has 0 aromatic heterocycles. The van der Waals surface area contributed by atoms with Crippen molar-refractivity contribution in [1.82, 2.24) is 0 Å². The van der Waals surface area contributed by atoms with Crippen LogP contribution in [0.5, 0.6) is 11.5 Å². The summed E-state index contributed by atoms with van der Waals surface area (Å²) in [6.07, 6.45) is 3.30. The maximum Gasteiger partial charge on any atom is 0.119 e. The second-order valence-corrected chi connectivity index (χ2v) is 11.5. The van der Waals surface area contributed by atoms with Gasteiger partial charge in [0.05, 0.1) is 17.8 Å². The molecule has 0 fully saturated rings. The lowest BCUT2D eigenvalue weighted by atomic mass is 9.78. The predicted molar refractivity (Wildman–Crippen MR) is 152 cm³/mol. The number of hydrogen-bond donors (Lipinski definition) is 1. The maximum atomic E-state index is 9.59. The van der Waals surface area contributed by atoms with Gasteiger partial charge in [0, 0.05) is 12.0 Å². The van der Waals surface area contributed by atoms with Crippen molar-refractivity contribution in [2.24, 2.45) is 5.92 Å². The van der Waals surface area contributed by atoms with E-state index < -0.39 is 0 Å². The highest BCUT2D eigenvalue weighted by Gasteiger charge is 2.26. The van der Waals surface area contributed by atoms with Crippen molar-refractivity contribution in [1.29, 1.82) is 0 Å². The SMILES string of the molecule is CC(C)CC(COc1ccc(C(C)(C)c2ccc(O)cc2)cc1)OC(C)(C)CCOC(C)C.CCC. The van der Waals surface area contributed by atoms with E-state index in [0.29, 0.717) is 19.1 Å². The number of ether oxygens (including phenoxy) is 3. The highest BCUT2D eigenvalue weighted by atomic mass is 16.5. The Morgan fingerprint density at radius 1 is 0.806 bits per heavy atom. The van der Waals surface area contributed by atoms with Crippen molar-refractivity contribution in [2.45, 2.75) is 112 Å². The Labute approximate surface area is 221 Å². The minimum Gasteiger partial charge on any atom is -0.508 e. The summed E-state index contributed by atoms with van der Waals surface area (Å²) in [7, 11) is 0. The molecule has 4 heteroatoms. The molecule has 0 bridgehead atoms. The predicted octanol–water partition coefficient (Wildman–Crippen LogP) is 8.54. The number of phenols is 1. The summed E-state index contributed by atoms with van der Waals surface area (Å²) >= 11 is 0. The van der Waals surface area contributed by atoms with Crippen molar-refractivity contribution < 1.29 is 19.3 Å². The lowest BCUT2D eigenvalue weighted by molar-refractivity contribution is -0.107. The molecule has 0 amide bonds. The number of phenolic OH excluding ortho intramolecular Hbond substituents is 1. The van der Waals surface area contributed by atoms with Crippen LogP contribution in [0.1, 0.15) is 99.6 Å². The molecule has 36 heavy (non-hydrogen) atoms. The van der Waals surface area contributed by atoms with Gasteiger partial charge in [-0.3, -0.25) is 0 Å². The standard InChI is InChI=1S/C29H44O4.C3H8/c1-21(2)19-27(33-28(5,6)17-18-31-22(3)4)20-32-26-15-11-24(12-16-26)29(7,8)23-9-13-25(30)14-10-23;1-3-2/h9-16,21-22,27,30H,17-20H2,1-8H3;3H2,1-2H3. The fourth-order valence-corrected chi connectivity index (χ4v) is 3.93. The van der Waals surface area contributed by atoms with E-state index in [1.54, 1.807) is 12.1 Å². The Kier molecular flexibility index (Phi) is 13.6. The third-order valence-corrected chi connectivity index (χ3v) is 5.98. The summed E-state index contributed by atoms with van der Waals surface area (Å²) in [5, 5.41) is 9.59. The van der Waals surface area contributed by atoms with Crippen molar-refractivity contribution in [2.75, 3.05) is 13.2 Å². The minimum atomic E-state index is -0.268. The number of hydrogen-bond acceptors (Lipinski definition) is 4. The molecule has 0 spiro atoms. The Morgan fingerprint density at radius 2 is 1.31 bits per heavy atom. The van der Waals surface area contributed by atoms with Gasteiger partial charge in [-0.2, -0.15) is 0 Å². The van der Waals surface area contributed by atoms with E-state index in [1.807, 2.05) is 24.3 Å². The normalized spacial score (nSPS) is 12.9. The maximum absolute atomic E-state index is 9.59. The molecular formula is C32H52O4. The molecule has 1 atom stereocenters. The average molecular weight is 501 g/mol. The largest absolute Gasteiger partial charge is 0.508 e. The van der Waals surface area contributed by atoms with Gasteiger partial charge in [-0.25, -0.2) is 0 Å². The molecular weight excluding hydrogens is 448 g/mol. The summed E-state index contributed by atoms with van der Waals surface area (Å²) in [5.41, 5.74) is 1.91. The van der Waals surface area contributed by atoms with Crippen molar-refractivity contribution in [3.05, 3.63) is 59.7 Å². The van der Waals surface area contributed by atoms with E-state index >= 15 is 0 Å². The van der Waals surface area contributed by atoms with Gasteiger partial charge in [-0.1, -0.05) is 72.2 Å². The minimum absolute atomic E-state index is 0.0205. The Morgan fingerprint density at radius 3 is 1.78 bits per heavy atom. The van der Waals surface area contributed by atoms with Gasteiger partial charge in [0.2, 0.25) is 0 Å². The molecule has 2 aromatic carbocycles. The van der Waals surface area contributed by atoms with Crippen LogP contribution in [0.15, 0.2) is 48.5 Å². The van der Waals surface area contributed by atoms with Crippen molar-refractivity contribution in [3.63, 3.8) is 0 Å². The molecule has 0 aliphatic heterocycles. The van der Waals surface area contributed by atoms with E-state index in [4.69, 9.17) is 14.2 Å². The zero-order valence-corrected chi connectivity index (χ0v) is 24.6. The van der Waals surface area contributed by atoms with Gasteiger partial charge in [0.15, 0.2) is 0 Å². The zero-order valence-electron chi connectivity index (χ0n) is 24.6. The number of rotatable bonds is 13. The van der Waals surface area contributed by atoms with E-state index in [-0.39, 0.29) is 29.0 Å². The van der Waals surface area contributed by atoms with Crippen LogP contribution in [-0.2, 0) is 14.9 Å². The van der Waals surface area contributed by atoms with Crippen molar-refractivity contribution >= 4 is 0 Å². The van der Waals surface area contributed by atoms with Crippen LogP contribution < -0.4 is 4.74 Å². The molecule has 0 aliphatic carbocycles. The molecule has 2 rings (SSSR count). The topological polar surface area (TPSA) is 47.9 Å². The number of aromatic hydroxyl groups is 1. The first-order valence-electron chi connectivity index (χ1n) is 13.6. The summed E-state index contributed by atoms with van der Waals surface area (Å²) in [5.74, 6) is 1.65. The second kappa shape index (κ2) is 15.3. The highest BCUT2D eigenvalue weighted by molar-refractivity contribution is 5.41. The Bertz CT molecular complexity index is 835. The Hall–Kier alpha value is -2.04. The molecule has 0 aliphatic rings. The molecule has 2 aromatic rings. The van der Waals surface area contributed by atoms with E-state index in [2.05, 4.69) is 81.4 Å². The van der Waals surface area contributed by atoms with Gasteiger partial charge in [0.1, 0.15) is 18.1 Å². The fraction of sp³-hybridized carbons (Fsp3) is 0.625.